The summed E-state index contributed by atoms with van der Waals surface area (Å²) in [5.74, 6) is -0.861. The van der Waals surface area contributed by atoms with Gasteiger partial charge in [0, 0.05) is 23.1 Å². The Labute approximate surface area is 234 Å². The number of hydrogen-bond donors (Lipinski definition) is 1. The maximum atomic E-state index is 13.9. The predicted octanol–water partition coefficient (Wildman–Crippen LogP) is 5.44. The minimum atomic E-state index is -4.16. The number of aryl methyl sites for hydroxylation is 1. The highest BCUT2D eigenvalue weighted by Gasteiger charge is 2.33. The lowest BCUT2D eigenvalue weighted by atomic mass is 10.1. The van der Waals surface area contributed by atoms with Crippen LogP contribution < -0.4 is 9.62 Å². The largest absolute Gasteiger partial charge is 0.355 e. The second kappa shape index (κ2) is 13.1. The number of carbonyl (C=O) groups excluding carboxylic acids is 2. The van der Waals surface area contributed by atoms with Crippen molar-refractivity contribution in [2.45, 2.75) is 44.7 Å². The molecule has 0 aliphatic heterocycles. The predicted molar refractivity (Wildman–Crippen MR) is 152 cm³/mol. The van der Waals surface area contributed by atoms with Crippen LogP contribution in [0.1, 0.15) is 31.4 Å². The number of halogens is 2. The fraction of sp³-hybridized carbons (Fsp3) is 0.286. The van der Waals surface area contributed by atoms with Crippen LogP contribution in [0.25, 0.3) is 0 Å². The lowest BCUT2D eigenvalue weighted by molar-refractivity contribution is -0.140. The standard InChI is InChI=1S/C28H31Cl2N3O4S/c1-4-26(28(35)31-5-2)32(18-21-10-6-7-12-25(21)30)27(34)19-33(23-11-8-9-20(3)17-23)38(36,37)24-15-13-22(29)14-16-24/h6-17,26H,4-5,18-19H2,1-3H3,(H,31,35). The molecular weight excluding hydrogens is 545 g/mol. The maximum absolute atomic E-state index is 13.9. The first-order valence-electron chi connectivity index (χ1n) is 12.2. The van der Waals surface area contributed by atoms with Crippen LogP contribution in [0, 0.1) is 6.92 Å². The first-order valence-corrected chi connectivity index (χ1v) is 14.4. The summed E-state index contributed by atoms with van der Waals surface area (Å²) >= 11 is 12.4. The lowest BCUT2D eigenvalue weighted by Crippen LogP contribution is -2.52. The van der Waals surface area contributed by atoms with Gasteiger partial charge in [-0.25, -0.2) is 8.42 Å². The Bertz CT molecular complexity index is 1380. The van der Waals surface area contributed by atoms with E-state index in [0.717, 1.165) is 9.87 Å². The Hall–Kier alpha value is -3.07. The van der Waals surface area contributed by atoms with Gasteiger partial charge in [0.25, 0.3) is 10.0 Å². The summed E-state index contributed by atoms with van der Waals surface area (Å²) in [6.45, 7) is 5.35. The Morgan fingerprint density at radius 1 is 0.947 bits per heavy atom. The number of nitrogens with one attached hydrogen (secondary N) is 1. The molecule has 3 aromatic carbocycles. The summed E-state index contributed by atoms with van der Waals surface area (Å²) in [6.07, 6.45) is 0.330. The Morgan fingerprint density at radius 2 is 1.63 bits per heavy atom. The van der Waals surface area contributed by atoms with E-state index < -0.39 is 28.5 Å². The van der Waals surface area contributed by atoms with E-state index in [1.54, 1.807) is 56.3 Å². The average molecular weight is 577 g/mol. The molecule has 0 saturated carbocycles. The molecule has 202 valence electrons. The van der Waals surface area contributed by atoms with Crippen LogP contribution in [-0.4, -0.2) is 44.3 Å². The molecule has 0 saturated heterocycles. The molecule has 0 aliphatic carbocycles. The number of carbonyl (C=O) groups is 2. The molecule has 10 heteroatoms. The third kappa shape index (κ3) is 7.07. The molecule has 0 fully saturated rings. The van der Waals surface area contributed by atoms with Crippen molar-refractivity contribution in [3.05, 3.63) is 94.0 Å². The van der Waals surface area contributed by atoms with Crippen molar-refractivity contribution in [1.29, 1.82) is 0 Å². The number of anilines is 1. The molecule has 0 heterocycles. The van der Waals surface area contributed by atoms with Gasteiger partial charge in [0.2, 0.25) is 11.8 Å². The van der Waals surface area contributed by atoms with Crippen molar-refractivity contribution in [3.63, 3.8) is 0 Å². The van der Waals surface area contributed by atoms with Gasteiger partial charge in [0.15, 0.2) is 0 Å². The first-order chi connectivity index (χ1) is 18.1. The Morgan fingerprint density at radius 3 is 2.24 bits per heavy atom. The topological polar surface area (TPSA) is 86.8 Å². The molecule has 38 heavy (non-hydrogen) atoms. The molecule has 0 aliphatic rings. The van der Waals surface area contributed by atoms with Gasteiger partial charge >= 0.3 is 0 Å². The van der Waals surface area contributed by atoms with Crippen molar-refractivity contribution < 1.29 is 18.0 Å². The van der Waals surface area contributed by atoms with Gasteiger partial charge in [-0.05, 0) is 73.9 Å². The number of likely N-dealkylation sites (N-methyl/N-ethyl adjacent to an activating group) is 1. The highest BCUT2D eigenvalue weighted by atomic mass is 35.5. The van der Waals surface area contributed by atoms with E-state index in [-0.39, 0.29) is 17.3 Å². The Kier molecular flexibility index (Phi) is 10.2. The van der Waals surface area contributed by atoms with Gasteiger partial charge in [-0.2, -0.15) is 0 Å². The third-order valence-corrected chi connectivity index (χ3v) is 8.41. The summed E-state index contributed by atoms with van der Waals surface area (Å²) in [5.41, 5.74) is 1.80. The molecule has 1 atom stereocenters. The van der Waals surface area contributed by atoms with Gasteiger partial charge in [0.1, 0.15) is 12.6 Å². The zero-order chi connectivity index (χ0) is 27.9. The summed E-state index contributed by atoms with van der Waals surface area (Å²) in [5, 5.41) is 3.61. The number of amides is 2. The molecule has 0 aromatic heterocycles. The zero-order valence-corrected chi connectivity index (χ0v) is 23.9. The van der Waals surface area contributed by atoms with Gasteiger partial charge < -0.3 is 10.2 Å². The normalized spacial score (nSPS) is 12.0. The molecule has 0 radical (unpaired) electrons. The van der Waals surface area contributed by atoms with Crippen LogP contribution in [0.4, 0.5) is 5.69 Å². The summed E-state index contributed by atoms with van der Waals surface area (Å²) in [4.78, 5) is 28.3. The molecule has 7 nitrogen and oxygen atoms in total. The van der Waals surface area contributed by atoms with Crippen LogP contribution in [0.15, 0.2) is 77.7 Å². The van der Waals surface area contributed by atoms with Gasteiger partial charge in [-0.15, -0.1) is 0 Å². The molecular formula is C28H31Cl2N3O4S. The van der Waals surface area contributed by atoms with Crippen molar-refractivity contribution >= 4 is 50.7 Å². The summed E-state index contributed by atoms with van der Waals surface area (Å²) < 4.78 is 28.7. The smallest absolute Gasteiger partial charge is 0.264 e. The van der Waals surface area contributed by atoms with Crippen LogP contribution in [0.5, 0.6) is 0 Å². The van der Waals surface area contributed by atoms with Gasteiger partial charge in [-0.1, -0.05) is 60.5 Å². The quantitative estimate of drug-likeness (QED) is 0.330. The van der Waals surface area contributed by atoms with E-state index in [0.29, 0.717) is 34.3 Å². The SMILES string of the molecule is CCNC(=O)C(CC)N(Cc1ccccc1Cl)C(=O)CN(c1cccc(C)c1)S(=O)(=O)c1ccc(Cl)cc1. The van der Waals surface area contributed by atoms with Crippen molar-refractivity contribution in [2.24, 2.45) is 0 Å². The highest BCUT2D eigenvalue weighted by molar-refractivity contribution is 7.92. The van der Waals surface area contributed by atoms with E-state index in [1.165, 1.54) is 29.2 Å². The van der Waals surface area contributed by atoms with Gasteiger partial charge in [0.05, 0.1) is 10.6 Å². The monoisotopic (exact) mass is 575 g/mol. The zero-order valence-electron chi connectivity index (χ0n) is 21.5. The van der Waals surface area contributed by atoms with E-state index in [2.05, 4.69) is 5.32 Å². The third-order valence-electron chi connectivity index (χ3n) is 6.01. The van der Waals surface area contributed by atoms with Crippen molar-refractivity contribution in [1.82, 2.24) is 10.2 Å². The first kappa shape index (κ1) is 29.5. The summed E-state index contributed by atoms with van der Waals surface area (Å²) in [6, 6.07) is 18.9. The van der Waals surface area contributed by atoms with Crippen molar-refractivity contribution in [3.8, 4) is 0 Å². The highest BCUT2D eigenvalue weighted by Crippen LogP contribution is 2.27. The van der Waals surface area contributed by atoms with Gasteiger partial charge in [-0.3, -0.25) is 13.9 Å². The summed E-state index contributed by atoms with van der Waals surface area (Å²) in [7, 11) is -4.16. The minimum Gasteiger partial charge on any atom is -0.355 e. The fourth-order valence-electron chi connectivity index (χ4n) is 4.07. The molecule has 1 N–H and O–H groups in total. The van der Waals surface area contributed by atoms with Crippen LogP contribution in [0.3, 0.4) is 0 Å². The number of sulfonamides is 1. The maximum Gasteiger partial charge on any atom is 0.264 e. The van der Waals surface area contributed by atoms with E-state index in [9.17, 15) is 18.0 Å². The second-order valence-electron chi connectivity index (χ2n) is 8.74. The second-order valence-corrected chi connectivity index (χ2v) is 11.4. The van der Waals surface area contributed by atoms with Crippen molar-refractivity contribution in [2.75, 3.05) is 17.4 Å². The molecule has 3 rings (SSSR count). The molecule has 3 aromatic rings. The lowest BCUT2D eigenvalue weighted by Gasteiger charge is -2.33. The van der Waals surface area contributed by atoms with Crippen LogP contribution in [0.2, 0.25) is 10.0 Å². The molecule has 1 unspecified atom stereocenters. The van der Waals surface area contributed by atoms with E-state index in [4.69, 9.17) is 23.2 Å². The number of hydrogen-bond acceptors (Lipinski definition) is 4. The fourth-order valence-corrected chi connectivity index (χ4v) is 5.79. The number of rotatable bonds is 11. The number of benzene rings is 3. The molecule has 2 amide bonds. The van der Waals surface area contributed by atoms with Crippen LogP contribution in [-0.2, 0) is 26.2 Å². The van der Waals surface area contributed by atoms with Crippen LogP contribution >= 0.6 is 23.2 Å². The average Bonchev–Trinajstić information content (AvgIpc) is 2.88. The minimum absolute atomic E-state index is 0.00960. The molecule has 0 spiro atoms. The molecule has 0 bridgehead atoms. The van der Waals surface area contributed by atoms with E-state index >= 15 is 0 Å². The van der Waals surface area contributed by atoms with E-state index in [1.807, 2.05) is 13.0 Å². The number of nitrogens with zero attached hydrogens (tertiary/aromatic N) is 2. The Balaban J connectivity index is 2.07.